The number of aromatic amines is 1. The molecular formula is C29H27ClN6O. The van der Waals surface area contributed by atoms with Crippen molar-refractivity contribution in [3.05, 3.63) is 93.9 Å². The summed E-state index contributed by atoms with van der Waals surface area (Å²) in [6, 6.07) is 14.0. The molecule has 0 unspecified atom stereocenters. The molecule has 0 fully saturated rings. The van der Waals surface area contributed by atoms with E-state index in [1.165, 1.54) is 5.57 Å². The number of carbonyl (C=O) groups excluding carboxylic acids is 1. The molecule has 0 saturated carbocycles. The summed E-state index contributed by atoms with van der Waals surface area (Å²) >= 11 is 6.39. The molecule has 8 heteroatoms. The molecule has 4 aromatic rings. The minimum absolute atomic E-state index is 0.0421. The van der Waals surface area contributed by atoms with Gasteiger partial charge in [-0.05, 0) is 79.6 Å². The van der Waals surface area contributed by atoms with Gasteiger partial charge in [-0.25, -0.2) is 4.98 Å². The third-order valence-corrected chi connectivity index (χ3v) is 7.16. The number of fused-ring (bicyclic) bond motifs is 6. The number of H-pyrrole nitrogens is 1. The van der Waals surface area contributed by atoms with Crippen LogP contribution in [-0.2, 0) is 17.6 Å². The van der Waals surface area contributed by atoms with Crippen LogP contribution in [-0.4, -0.2) is 20.9 Å². The van der Waals surface area contributed by atoms with Gasteiger partial charge in [0.05, 0.1) is 12.6 Å². The van der Waals surface area contributed by atoms with Gasteiger partial charge >= 0.3 is 0 Å². The summed E-state index contributed by atoms with van der Waals surface area (Å²) in [6.45, 7) is 2.01. The van der Waals surface area contributed by atoms with Gasteiger partial charge in [0.1, 0.15) is 5.02 Å². The van der Waals surface area contributed by atoms with E-state index in [1.807, 2.05) is 37.3 Å². The van der Waals surface area contributed by atoms with Crippen molar-refractivity contribution in [3.8, 4) is 0 Å². The van der Waals surface area contributed by atoms with Crippen molar-refractivity contribution < 1.29 is 4.79 Å². The lowest BCUT2D eigenvalue weighted by Crippen LogP contribution is -2.16. The van der Waals surface area contributed by atoms with Gasteiger partial charge in [0.2, 0.25) is 11.9 Å². The smallest absolute Gasteiger partial charge is 0.228 e. The maximum absolute atomic E-state index is 13.2. The van der Waals surface area contributed by atoms with Gasteiger partial charge in [0.15, 0.2) is 5.82 Å². The molecule has 37 heavy (non-hydrogen) atoms. The number of nitrogens with one attached hydrogen (secondary N) is 4. The number of para-hydroxylation sites is 1. The molecule has 6 rings (SSSR count). The molecule has 4 N–H and O–H groups in total. The monoisotopic (exact) mass is 510 g/mol. The Bertz CT molecular complexity index is 1580. The van der Waals surface area contributed by atoms with Gasteiger partial charge in [-0.1, -0.05) is 35.9 Å². The van der Waals surface area contributed by atoms with Crippen molar-refractivity contribution in [3.63, 3.8) is 0 Å². The van der Waals surface area contributed by atoms with Crippen LogP contribution in [0.15, 0.2) is 72.1 Å². The highest BCUT2D eigenvalue weighted by atomic mass is 35.5. The summed E-state index contributed by atoms with van der Waals surface area (Å²) in [5, 5.41) is 11.4. The van der Waals surface area contributed by atoms with Crippen LogP contribution in [0.25, 0.3) is 10.9 Å². The maximum Gasteiger partial charge on any atom is 0.228 e. The average molecular weight is 511 g/mol. The van der Waals surface area contributed by atoms with E-state index in [4.69, 9.17) is 11.6 Å². The highest BCUT2D eigenvalue weighted by molar-refractivity contribution is 6.32. The number of aryl methyl sites for hydroxylation is 2. The standard InChI is InChI=1S/C29H27ClN6O/c1-17-23(22-7-2-3-8-26(22)32-17)15-27(37)35-25-12-11-21-14-19(25)10-9-18-5-4-6-20(13-18)34-29-31-16-24(30)28(33-21)36-29/h2-3,5,7-8,11-14,16,32H,4,6,9-10,15H2,1H3,(H,35,37)(H2,31,33,34,36). The molecule has 1 amide bonds. The van der Waals surface area contributed by atoms with Crippen LogP contribution < -0.4 is 16.0 Å². The molecule has 7 nitrogen and oxygen atoms in total. The predicted octanol–water partition coefficient (Wildman–Crippen LogP) is 6.81. The highest BCUT2D eigenvalue weighted by Gasteiger charge is 2.16. The van der Waals surface area contributed by atoms with Gasteiger partial charge in [-0.3, -0.25) is 4.79 Å². The fraction of sp³-hybridized carbons (Fsp3) is 0.207. The number of hydrogen-bond donors (Lipinski definition) is 4. The van der Waals surface area contributed by atoms with Crippen LogP contribution in [0.4, 0.5) is 23.1 Å². The van der Waals surface area contributed by atoms with Crippen LogP contribution in [0, 0.1) is 6.92 Å². The van der Waals surface area contributed by atoms with E-state index in [1.54, 1.807) is 6.20 Å². The highest BCUT2D eigenvalue weighted by Crippen LogP contribution is 2.31. The van der Waals surface area contributed by atoms with Crippen molar-refractivity contribution in [2.24, 2.45) is 0 Å². The normalized spacial score (nSPS) is 14.8. The predicted molar refractivity (Wildman–Crippen MR) is 149 cm³/mol. The van der Waals surface area contributed by atoms with Gasteiger partial charge < -0.3 is 20.9 Å². The van der Waals surface area contributed by atoms with Crippen LogP contribution in [0.3, 0.4) is 0 Å². The van der Waals surface area contributed by atoms with Crippen LogP contribution in [0.2, 0.25) is 5.02 Å². The minimum atomic E-state index is -0.0421. The number of rotatable bonds is 3. The maximum atomic E-state index is 13.2. The van der Waals surface area contributed by atoms with Crippen molar-refractivity contribution in [1.82, 2.24) is 15.0 Å². The molecule has 2 aliphatic rings. The quantitative estimate of drug-likeness (QED) is 0.243. The van der Waals surface area contributed by atoms with E-state index in [0.717, 1.165) is 70.5 Å². The first-order chi connectivity index (χ1) is 18.0. The fourth-order valence-electron chi connectivity index (χ4n) is 5.03. The number of halogens is 1. The largest absolute Gasteiger partial charge is 0.358 e. The number of allylic oxidation sites excluding steroid dienone is 4. The average Bonchev–Trinajstić information content (AvgIpc) is 3.20. The molecule has 1 aliphatic carbocycles. The third kappa shape index (κ3) is 4.95. The zero-order valence-electron chi connectivity index (χ0n) is 20.5. The SMILES string of the molecule is Cc1[nH]c2ccccc2c1CC(=O)Nc1ccc2cc1CCC1=CCCC(=C1)Nc1ncc(Cl)c(n1)N2. The molecule has 0 atom stereocenters. The summed E-state index contributed by atoms with van der Waals surface area (Å²) in [4.78, 5) is 25.5. The third-order valence-electron chi connectivity index (χ3n) is 6.89. The lowest BCUT2D eigenvalue weighted by atomic mass is 9.97. The van der Waals surface area contributed by atoms with Crippen LogP contribution in [0.5, 0.6) is 0 Å². The number of nitrogens with zero attached hydrogens (tertiary/aromatic N) is 2. The van der Waals surface area contributed by atoms with Gasteiger partial charge in [0, 0.05) is 33.7 Å². The second kappa shape index (κ2) is 9.75. The Balaban J connectivity index is 1.30. The van der Waals surface area contributed by atoms with Crippen molar-refractivity contribution in [2.75, 3.05) is 16.0 Å². The number of aromatic nitrogens is 3. The Kier molecular flexibility index (Phi) is 6.14. The van der Waals surface area contributed by atoms with Crippen molar-refractivity contribution in [2.45, 2.75) is 39.0 Å². The van der Waals surface area contributed by atoms with Gasteiger partial charge in [-0.2, -0.15) is 4.98 Å². The Hall–Kier alpha value is -4.10. The molecule has 1 aliphatic heterocycles. The van der Waals surface area contributed by atoms with Crippen LogP contribution in [0.1, 0.15) is 36.1 Å². The molecular weight excluding hydrogens is 484 g/mol. The second-order valence-electron chi connectivity index (χ2n) is 9.50. The number of amides is 1. The van der Waals surface area contributed by atoms with E-state index < -0.39 is 0 Å². The van der Waals surface area contributed by atoms with E-state index in [2.05, 4.69) is 55.2 Å². The Morgan fingerprint density at radius 1 is 1.11 bits per heavy atom. The first-order valence-corrected chi connectivity index (χ1v) is 12.8. The zero-order chi connectivity index (χ0) is 25.4. The summed E-state index contributed by atoms with van der Waals surface area (Å²) in [5.74, 6) is 0.998. The molecule has 0 saturated heterocycles. The lowest BCUT2D eigenvalue weighted by Gasteiger charge is -2.16. The Labute approximate surface area is 220 Å². The molecule has 3 heterocycles. The number of benzene rings is 2. The van der Waals surface area contributed by atoms with E-state index in [0.29, 0.717) is 23.2 Å². The Morgan fingerprint density at radius 3 is 2.92 bits per heavy atom. The fourth-order valence-corrected chi connectivity index (χ4v) is 5.17. The van der Waals surface area contributed by atoms with E-state index in [-0.39, 0.29) is 5.91 Å². The molecule has 186 valence electrons. The zero-order valence-corrected chi connectivity index (χ0v) is 21.2. The summed E-state index contributed by atoms with van der Waals surface area (Å²) < 4.78 is 0. The second-order valence-corrected chi connectivity index (χ2v) is 9.91. The summed E-state index contributed by atoms with van der Waals surface area (Å²) in [7, 11) is 0. The number of carbonyl (C=O) groups is 1. The summed E-state index contributed by atoms with van der Waals surface area (Å²) in [5.41, 5.74) is 8.14. The Morgan fingerprint density at radius 2 is 2.00 bits per heavy atom. The van der Waals surface area contributed by atoms with Crippen molar-refractivity contribution >= 4 is 51.6 Å². The minimum Gasteiger partial charge on any atom is -0.358 e. The number of anilines is 4. The first-order valence-electron chi connectivity index (χ1n) is 12.5. The molecule has 6 bridgehead atoms. The van der Waals surface area contributed by atoms with Crippen molar-refractivity contribution in [1.29, 1.82) is 0 Å². The summed E-state index contributed by atoms with van der Waals surface area (Å²) in [6.07, 6.45) is 9.86. The van der Waals surface area contributed by atoms with E-state index in [9.17, 15) is 4.79 Å². The number of hydrogen-bond acceptors (Lipinski definition) is 5. The lowest BCUT2D eigenvalue weighted by molar-refractivity contribution is -0.115. The molecule has 2 aromatic heterocycles. The molecule has 0 spiro atoms. The molecule has 2 aromatic carbocycles. The van der Waals surface area contributed by atoms with Crippen LogP contribution >= 0.6 is 11.6 Å². The van der Waals surface area contributed by atoms with Gasteiger partial charge in [0.25, 0.3) is 0 Å². The topological polar surface area (TPSA) is 94.7 Å². The van der Waals surface area contributed by atoms with E-state index >= 15 is 0 Å². The van der Waals surface area contributed by atoms with Gasteiger partial charge in [-0.15, -0.1) is 0 Å². The first kappa shape index (κ1) is 23.3. The molecule has 0 radical (unpaired) electrons.